The molecule has 2 rings (SSSR count). The summed E-state index contributed by atoms with van der Waals surface area (Å²) in [5, 5.41) is 8.58. The topological polar surface area (TPSA) is 59.0 Å². The zero-order valence-electron chi connectivity index (χ0n) is 12.0. The first-order valence-electron chi connectivity index (χ1n) is 6.97. The molecule has 0 atom stereocenters. The van der Waals surface area contributed by atoms with Gasteiger partial charge >= 0.3 is 5.97 Å². The first kappa shape index (κ1) is 15.7. The van der Waals surface area contributed by atoms with Crippen molar-refractivity contribution >= 4 is 5.97 Å². The van der Waals surface area contributed by atoms with Crippen LogP contribution in [-0.2, 0) is 16.1 Å². The number of aliphatic carboxylic acids is 1. The van der Waals surface area contributed by atoms with Crippen molar-refractivity contribution < 1.29 is 23.8 Å². The Balaban J connectivity index is 1.85. The SMILES string of the molecule is COc1cccc(CN2CCC(OCC(=O)O)CC2)c1F. The molecule has 21 heavy (non-hydrogen) atoms. The van der Waals surface area contributed by atoms with E-state index in [4.69, 9.17) is 14.6 Å². The van der Waals surface area contributed by atoms with E-state index in [0.717, 1.165) is 25.9 Å². The van der Waals surface area contributed by atoms with E-state index in [0.29, 0.717) is 12.1 Å². The molecular weight excluding hydrogens is 277 g/mol. The second kappa shape index (κ2) is 7.38. The molecule has 1 aliphatic heterocycles. The normalized spacial score (nSPS) is 16.9. The summed E-state index contributed by atoms with van der Waals surface area (Å²) < 4.78 is 24.3. The van der Waals surface area contributed by atoms with Gasteiger partial charge in [-0.2, -0.15) is 0 Å². The molecule has 0 saturated carbocycles. The Kier molecular flexibility index (Phi) is 5.52. The maximum Gasteiger partial charge on any atom is 0.329 e. The van der Waals surface area contributed by atoms with E-state index in [9.17, 15) is 9.18 Å². The minimum absolute atomic E-state index is 0.0208. The number of halogens is 1. The zero-order valence-corrected chi connectivity index (χ0v) is 12.0. The zero-order chi connectivity index (χ0) is 15.2. The number of hydrogen-bond donors (Lipinski definition) is 1. The van der Waals surface area contributed by atoms with Gasteiger partial charge in [0, 0.05) is 25.2 Å². The molecule has 1 aromatic carbocycles. The van der Waals surface area contributed by atoms with Crippen molar-refractivity contribution in [2.45, 2.75) is 25.5 Å². The number of ether oxygens (including phenoxy) is 2. The summed E-state index contributed by atoms with van der Waals surface area (Å²) in [7, 11) is 1.45. The molecule has 6 heteroatoms. The summed E-state index contributed by atoms with van der Waals surface area (Å²) in [5.41, 5.74) is 0.610. The molecule has 0 aromatic heterocycles. The standard InChI is InChI=1S/C15H20FNO4/c1-20-13-4-2-3-11(15(13)16)9-17-7-5-12(6-8-17)21-10-14(18)19/h2-4,12H,5-10H2,1H3,(H,18,19). The molecule has 0 spiro atoms. The van der Waals surface area contributed by atoms with Crippen LogP contribution in [0.1, 0.15) is 18.4 Å². The maximum absolute atomic E-state index is 14.1. The number of hydrogen-bond acceptors (Lipinski definition) is 4. The molecule has 1 heterocycles. The number of methoxy groups -OCH3 is 1. The second-order valence-electron chi connectivity index (χ2n) is 5.11. The third kappa shape index (κ3) is 4.41. The van der Waals surface area contributed by atoms with Gasteiger partial charge in [0.05, 0.1) is 13.2 Å². The Morgan fingerprint density at radius 3 is 2.76 bits per heavy atom. The average Bonchev–Trinajstić information content (AvgIpc) is 2.48. The number of nitrogens with zero attached hydrogens (tertiary/aromatic N) is 1. The highest BCUT2D eigenvalue weighted by Gasteiger charge is 2.21. The van der Waals surface area contributed by atoms with Gasteiger partial charge in [-0.1, -0.05) is 12.1 Å². The lowest BCUT2D eigenvalue weighted by molar-refractivity contribution is -0.145. The third-order valence-corrected chi connectivity index (χ3v) is 3.63. The smallest absolute Gasteiger partial charge is 0.329 e. The first-order valence-corrected chi connectivity index (χ1v) is 6.97. The van der Waals surface area contributed by atoms with E-state index in [-0.39, 0.29) is 24.3 Å². The highest BCUT2D eigenvalue weighted by Crippen LogP contribution is 2.23. The average molecular weight is 297 g/mol. The maximum atomic E-state index is 14.1. The molecule has 1 N–H and O–H groups in total. The number of rotatable bonds is 6. The number of benzene rings is 1. The fourth-order valence-electron chi connectivity index (χ4n) is 2.50. The number of carboxylic acid groups (broad SMARTS) is 1. The summed E-state index contributed by atoms with van der Waals surface area (Å²) in [6.45, 7) is 1.80. The van der Waals surface area contributed by atoms with Crippen molar-refractivity contribution in [3.05, 3.63) is 29.6 Å². The largest absolute Gasteiger partial charge is 0.494 e. The van der Waals surface area contributed by atoms with E-state index < -0.39 is 5.97 Å². The van der Waals surface area contributed by atoms with Gasteiger partial charge < -0.3 is 14.6 Å². The Morgan fingerprint density at radius 2 is 2.14 bits per heavy atom. The Hall–Kier alpha value is -1.66. The van der Waals surface area contributed by atoms with Crippen LogP contribution in [0.15, 0.2) is 18.2 Å². The van der Waals surface area contributed by atoms with Crippen LogP contribution in [0.25, 0.3) is 0 Å². The summed E-state index contributed by atoms with van der Waals surface area (Å²) in [5.74, 6) is -1.01. The van der Waals surface area contributed by atoms with Crippen LogP contribution in [0.3, 0.4) is 0 Å². The van der Waals surface area contributed by atoms with Crippen molar-refractivity contribution in [2.75, 3.05) is 26.8 Å². The molecule has 0 unspecified atom stereocenters. The van der Waals surface area contributed by atoms with Crippen LogP contribution in [0.2, 0.25) is 0 Å². The van der Waals surface area contributed by atoms with Gasteiger partial charge in [-0.05, 0) is 18.9 Å². The summed E-state index contributed by atoms with van der Waals surface area (Å²) >= 11 is 0. The van der Waals surface area contributed by atoms with Crippen molar-refractivity contribution in [1.82, 2.24) is 4.90 Å². The van der Waals surface area contributed by atoms with Gasteiger partial charge in [0.1, 0.15) is 6.61 Å². The first-order chi connectivity index (χ1) is 10.1. The molecule has 116 valence electrons. The van der Waals surface area contributed by atoms with E-state index in [2.05, 4.69) is 4.90 Å². The molecule has 0 aliphatic carbocycles. The van der Waals surface area contributed by atoms with Crippen LogP contribution < -0.4 is 4.74 Å². The van der Waals surface area contributed by atoms with Gasteiger partial charge in [0.25, 0.3) is 0 Å². The van der Waals surface area contributed by atoms with Crippen molar-refractivity contribution in [3.8, 4) is 5.75 Å². The van der Waals surface area contributed by atoms with Crippen molar-refractivity contribution in [2.24, 2.45) is 0 Å². The Morgan fingerprint density at radius 1 is 1.43 bits per heavy atom. The van der Waals surface area contributed by atoms with Gasteiger partial charge in [-0.15, -0.1) is 0 Å². The molecule has 1 aromatic rings. The van der Waals surface area contributed by atoms with E-state index in [1.54, 1.807) is 18.2 Å². The van der Waals surface area contributed by atoms with Crippen LogP contribution in [0.4, 0.5) is 4.39 Å². The monoisotopic (exact) mass is 297 g/mol. The molecule has 5 nitrogen and oxygen atoms in total. The summed E-state index contributed by atoms with van der Waals surface area (Å²) in [4.78, 5) is 12.6. The fourth-order valence-corrected chi connectivity index (χ4v) is 2.50. The Labute approximate surface area is 123 Å². The van der Waals surface area contributed by atoms with Gasteiger partial charge in [0.15, 0.2) is 11.6 Å². The highest BCUT2D eigenvalue weighted by molar-refractivity contribution is 5.68. The fraction of sp³-hybridized carbons (Fsp3) is 0.533. The van der Waals surface area contributed by atoms with Crippen LogP contribution in [0.5, 0.6) is 5.75 Å². The molecule has 1 aliphatic rings. The molecule has 0 amide bonds. The van der Waals surface area contributed by atoms with Crippen LogP contribution in [0, 0.1) is 5.82 Å². The number of piperidine rings is 1. The predicted molar refractivity (Wildman–Crippen MR) is 74.8 cm³/mol. The Bertz CT molecular complexity index is 487. The highest BCUT2D eigenvalue weighted by atomic mass is 19.1. The molecule has 0 bridgehead atoms. The molecule has 0 radical (unpaired) electrons. The van der Waals surface area contributed by atoms with Gasteiger partial charge in [0.2, 0.25) is 0 Å². The molecular formula is C15H20FNO4. The number of carboxylic acids is 1. The minimum Gasteiger partial charge on any atom is -0.494 e. The molecule has 1 fully saturated rings. The quantitative estimate of drug-likeness (QED) is 0.869. The van der Waals surface area contributed by atoms with Crippen molar-refractivity contribution in [3.63, 3.8) is 0 Å². The number of carbonyl (C=O) groups is 1. The lowest BCUT2D eigenvalue weighted by Gasteiger charge is -2.31. The van der Waals surface area contributed by atoms with E-state index >= 15 is 0 Å². The lowest BCUT2D eigenvalue weighted by Crippen LogP contribution is -2.37. The second-order valence-corrected chi connectivity index (χ2v) is 5.11. The van der Waals surface area contributed by atoms with Gasteiger partial charge in [-0.3, -0.25) is 4.90 Å². The minimum atomic E-state index is -0.948. The van der Waals surface area contributed by atoms with Gasteiger partial charge in [-0.25, -0.2) is 9.18 Å². The predicted octanol–water partition coefficient (Wildman–Crippen LogP) is 1.90. The van der Waals surface area contributed by atoms with Crippen LogP contribution >= 0.6 is 0 Å². The van der Waals surface area contributed by atoms with Crippen LogP contribution in [-0.4, -0.2) is 48.9 Å². The number of likely N-dealkylation sites (tertiary alicyclic amines) is 1. The van der Waals surface area contributed by atoms with E-state index in [1.165, 1.54) is 7.11 Å². The van der Waals surface area contributed by atoms with E-state index in [1.807, 2.05) is 0 Å². The lowest BCUT2D eigenvalue weighted by atomic mass is 10.1. The van der Waals surface area contributed by atoms with Crippen molar-refractivity contribution in [1.29, 1.82) is 0 Å². The summed E-state index contributed by atoms with van der Waals surface area (Å²) in [6, 6.07) is 5.13. The molecule has 1 saturated heterocycles. The third-order valence-electron chi connectivity index (χ3n) is 3.63. The summed E-state index contributed by atoms with van der Waals surface area (Å²) in [6.07, 6.45) is 1.50.